The molecule has 126 valence electrons. The number of halogens is 1. The van der Waals surface area contributed by atoms with Crippen molar-refractivity contribution >= 4 is 17.3 Å². The number of ether oxygens (including phenoxy) is 1. The van der Waals surface area contributed by atoms with Crippen LogP contribution in [0, 0.1) is 5.82 Å². The molecule has 0 aliphatic rings. The van der Waals surface area contributed by atoms with Gasteiger partial charge in [-0.1, -0.05) is 38.3 Å². The standard InChI is InChI=1S/C19H21FN2O2/c1-2-3-4-5-10-19(23)24-16-13-11-15(12-14-16)21-22-18-9-7-6-8-17(18)20/h6-9,11-14H,2-5,10H2,1H3. The normalized spacial score (nSPS) is 10.9. The Morgan fingerprint density at radius 3 is 2.46 bits per heavy atom. The van der Waals surface area contributed by atoms with E-state index in [1.165, 1.54) is 6.07 Å². The van der Waals surface area contributed by atoms with E-state index < -0.39 is 5.82 Å². The van der Waals surface area contributed by atoms with Crippen molar-refractivity contribution < 1.29 is 13.9 Å². The van der Waals surface area contributed by atoms with Gasteiger partial charge in [0.25, 0.3) is 0 Å². The van der Waals surface area contributed by atoms with Crippen LogP contribution in [0.15, 0.2) is 58.8 Å². The number of azo groups is 1. The Morgan fingerprint density at radius 2 is 1.75 bits per heavy atom. The number of esters is 1. The van der Waals surface area contributed by atoms with E-state index >= 15 is 0 Å². The van der Waals surface area contributed by atoms with Crippen LogP contribution >= 0.6 is 0 Å². The van der Waals surface area contributed by atoms with Crippen LogP contribution in [0.5, 0.6) is 5.75 Å². The molecule has 0 heterocycles. The quantitative estimate of drug-likeness (QED) is 0.254. The number of benzene rings is 2. The maximum Gasteiger partial charge on any atom is 0.311 e. The van der Waals surface area contributed by atoms with Gasteiger partial charge in [0.1, 0.15) is 11.4 Å². The first kappa shape index (κ1) is 17.8. The predicted molar refractivity (Wildman–Crippen MR) is 91.4 cm³/mol. The van der Waals surface area contributed by atoms with E-state index in [4.69, 9.17) is 4.74 Å². The molecule has 0 radical (unpaired) electrons. The first-order valence-corrected chi connectivity index (χ1v) is 8.16. The summed E-state index contributed by atoms with van der Waals surface area (Å²) in [6.45, 7) is 2.13. The Bertz CT molecular complexity index is 684. The lowest BCUT2D eigenvalue weighted by Crippen LogP contribution is -2.07. The summed E-state index contributed by atoms with van der Waals surface area (Å²) in [6, 6.07) is 12.8. The second-order valence-electron chi connectivity index (χ2n) is 5.43. The van der Waals surface area contributed by atoms with Gasteiger partial charge in [0.15, 0.2) is 5.82 Å². The van der Waals surface area contributed by atoms with Gasteiger partial charge in [-0.15, -0.1) is 5.11 Å². The highest BCUT2D eigenvalue weighted by atomic mass is 19.1. The molecule has 0 fully saturated rings. The number of unbranched alkanes of at least 4 members (excludes halogenated alkanes) is 3. The lowest BCUT2D eigenvalue weighted by Gasteiger charge is -2.04. The van der Waals surface area contributed by atoms with Crippen molar-refractivity contribution in [1.82, 2.24) is 0 Å². The van der Waals surface area contributed by atoms with Crippen LogP contribution in [0.4, 0.5) is 15.8 Å². The number of carbonyl (C=O) groups is 1. The minimum Gasteiger partial charge on any atom is -0.427 e. The molecule has 4 nitrogen and oxygen atoms in total. The Hall–Kier alpha value is -2.56. The monoisotopic (exact) mass is 328 g/mol. The summed E-state index contributed by atoms with van der Waals surface area (Å²) in [4.78, 5) is 11.7. The van der Waals surface area contributed by atoms with E-state index in [1.54, 1.807) is 42.5 Å². The number of hydrogen-bond donors (Lipinski definition) is 0. The van der Waals surface area contributed by atoms with E-state index in [-0.39, 0.29) is 11.7 Å². The van der Waals surface area contributed by atoms with Gasteiger partial charge in [0.2, 0.25) is 0 Å². The second-order valence-corrected chi connectivity index (χ2v) is 5.43. The number of hydrogen-bond acceptors (Lipinski definition) is 4. The highest BCUT2D eigenvalue weighted by Crippen LogP contribution is 2.23. The molecule has 0 unspecified atom stereocenters. The van der Waals surface area contributed by atoms with Crippen molar-refractivity contribution in [3.8, 4) is 5.75 Å². The van der Waals surface area contributed by atoms with Gasteiger partial charge >= 0.3 is 5.97 Å². The van der Waals surface area contributed by atoms with E-state index in [0.717, 1.165) is 25.7 Å². The van der Waals surface area contributed by atoms with E-state index in [2.05, 4.69) is 17.2 Å². The van der Waals surface area contributed by atoms with Crippen LogP contribution in [0.2, 0.25) is 0 Å². The number of nitrogens with zero attached hydrogens (tertiary/aromatic N) is 2. The molecule has 0 aliphatic heterocycles. The van der Waals surface area contributed by atoms with Gasteiger partial charge in [-0.05, 0) is 42.8 Å². The van der Waals surface area contributed by atoms with Gasteiger partial charge in [0.05, 0.1) is 5.69 Å². The predicted octanol–water partition coefficient (Wildman–Crippen LogP) is 6.12. The van der Waals surface area contributed by atoms with Crippen LogP contribution in [0.1, 0.15) is 39.0 Å². The van der Waals surface area contributed by atoms with E-state index in [0.29, 0.717) is 17.9 Å². The Labute approximate surface area is 141 Å². The topological polar surface area (TPSA) is 51.0 Å². The fourth-order valence-electron chi connectivity index (χ4n) is 2.10. The van der Waals surface area contributed by atoms with Gasteiger partial charge in [-0.2, -0.15) is 5.11 Å². The molecule has 5 heteroatoms. The van der Waals surface area contributed by atoms with Crippen LogP contribution in [-0.2, 0) is 4.79 Å². The zero-order valence-corrected chi connectivity index (χ0v) is 13.7. The third-order valence-electron chi connectivity index (χ3n) is 3.43. The van der Waals surface area contributed by atoms with Crippen molar-refractivity contribution in [2.75, 3.05) is 0 Å². The van der Waals surface area contributed by atoms with Gasteiger partial charge in [0, 0.05) is 6.42 Å². The van der Waals surface area contributed by atoms with Crippen molar-refractivity contribution in [1.29, 1.82) is 0 Å². The Kier molecular flexibility index (Phi) is 7.08. The summed E-state index contributed by atoms with van der Waals surface area (Å²) >= 11 is 0. The summed E-state index contributed by atoms with van der Waals surface area (Å²) in [5.41, 5.74) is 0.737. The van der Waals surface area contributed by atoms with Crippen molar-refractivity contribution in [2.45, 2.75) is 39.0 Å². The van der Waals surface area contributed by atoms with Gasteiger partial charge < -0.3 is 4.74 Å². The average molecular weight is 328 g/mol. The summed E-state index contributed by atoms with van der Waals surface area (Å²) in [5, 5.41) is 7.84. The maximum atomic E-state index is 13.4. The minimum atomic E-state index is -0.421. The van der Waals surface area contributed by atoms with E-state index in [9.17, 15) is 9.18 Å². The molecule has 0 atom stereocenters. The summed E-state index contributed by atoms with van der Waals surface area (Å²) < 4.78 is 18.7. The average Bonchev–Trinajstić information content (AvgIpc) is 2.59. The first-order valence-electron chi connectivity index (χ1n) is 8.16. The molecule has 0 bridgehead atoms. The lowest BCUT2D eigenvalue weighted by molar-refractivity contribution is -0.134. The fourth-order valence-corrected chi connectivity index (χ4v) is 2.10. The Balaban J connectivity index is 1.86. The first-order chi connectivity index (χ1) is 11.7. The molecule has 0 aromatic heterocycles. The smallest absolute Gasteiger partial charge is 0.311 e. The summed E-state index contributed by atoms with van der Waals surface area (Å²) in [6.07, 6.45) is 4.59. The molecular weight excluding hydrogens is 307 g/mol. The molecule has 24 heavy (non-hydrogen) atoms. The molecule has 0 saturated carbocycles. The third-order valence-corrected chi connectivity index (χ3v) is 3.43. The van der Waals surface area contributed by atoms with Crippen LogP contribution < -0.4 is 4.74 Å². The van der Waals surface area contributed by atoms with Crippen LogP contribution in [0.3, 0.4) is 0 Å². The third kappa shape index (κ3) is 5.91. The number of carbonyl (C=O) groups excluding carboxylic acids is 1. The van der Waals surface area contributed by atoms with Gasteiger partial charge in [-0.25, -0.2) is 4.39 Å². The molecular formula is C19H21FN2O2. The minimum absolute atomic E-state index is 0.181. The molecule has 0 saturated heterocycles. The molecule has 2 rings (SSSR count). The van der Waals surface area contributed by atoms with Crippen molar-refractivity contribution in [3.05, 3.63) is 54.3 Å². The molecule has 0 amide bonds. The van der Waals surface area contributed by atoms with Crippen LogP contribution in [0.25, 0.3) is 0 Å². The largest absolute Gasteiger partial charge is 0.427 e. The molecule has 0 N–H and O–H groups in total. The fraction of sp³-hybridized carbons (Fsp3) is 0.316. The molecule has 0 spiro atoms. The maximum absolute atomic E-state index is 13.4. The highest BCUT2D eigenvalue weighted by molar-refractivity contribution is 5.72. The summed E-state index contributed by atoms with van der Waals surface area (Å²) in [7, 11) is 0. The SMILES string of the molecule is CCCCCCC(=O)Oc1ccc(N=Nc2ccccc2F)cc1. The van der Waals surface area contributed by atoms with Crippen molar-refractivity contribution in [2.24, 2.45) is 10.2 Å². The Morgan fingerprint density at radius 1 is 1.00 bits per heavy atom. The van der Waals surface area contributed by atoms with Crippen LogP contribution in [-0.4, -0.2) is 5.97 Å². The highest BCUT2D eigenvalue weighted by Gasteiger charge is 2.05. The zero-order chi connectivity index (χ0) is 17.2. The molecule has 0 aliphatic carbocycles. The van der Waals surface area contributed by atoms with Gasteiger partial charge in [-0.3, -0.25) is 4.79 Å². The zero-order valence-electron chi connectivity index (χ0n) is 13.7. The second kappa shape index (κ2) is 9.55. The van der Waals surface area contributed by atoms with E-state index in [1.807, 2.05) is 0 Å². The number of rotatable bonds is 8. The molecule has 2 aromatic rings. The van der Waals surface area contributed by atoms with Crippen molar-refractivity contribution in [3.63, 3.8) is 0 Å². The molecule has 2 aromatic carbocycles. The lowest BCUT2D eigenvalue weighted by atomic mass is 10.1. The summed E-state index contributed by atoms with van der Waals surface area (Å²) in [5.74, 6) is -0.179.